The monoisotopic (exact) mass is 452 g/mol. The van der Waals surface area contributed by atoms with Crippen LogP contribution < -0.4 is 10.5 Å². The number of methoxy groups -OCH3 is 2. The van der Waals surface area contributed by atoms with Gasteiger partial charge in [-0.3, -0.25) is 9.59 Å². The standard InChI is InChI=1S/C25H28N2O6/c1-25(2,3)33-23(29)14-27-13-19(18-12-17(26)8-9-20(18)27)21(28)10-15-6-7-16(24(30)32-5)11-22(15)31-4/h6-9,11-13H,10,14,26H2,1-5H3. The number of aromatic nitrogens is 1. The van der Waals surface area contributed by atoms with Crippen LogP contribution in [-0.4, -0.2) is 42.1 Å². The van der Waals surface area contributed by atoms with Gasteiger partial charge in [-0.2, -0.15) is 0 Å². The van der Waals surface area contributed by atoms with E-state index in [1.165, 1.54) is 20.3 Å². The van der Waals surface area contributed by atoms with Gasteiger partial charge in [0.1, 0.15) is 17.9 Å². The number of hydrogen-bond donors (Lipinski definition) is 1. The predicted molar refractivity (Wildman–Crippen MR) is 125 cm³/mol. The number of nitrogen functional groups attached to an aromatic ring is 1. The summed E-state index contributed by atoms with van der Waals surface area (Å²) in [5.41, 5.74) is 7.93. The maximum atomic E-state index is 13.3. The zero-order chi connectivity index (χ0) is 24.3. The molecular formula is C25H28N2O6. The number of ether oxygens (including phenoxy) is 3. The Hall–Kier alpha value is -3.81. The van der Waals surface area contributed by atoms with Gasteiger partial charge in [0.15, 0.2) is 5.78 Å². The van der Waals surface area contributed by atoms with Crippen LogP contribution in [0, 0.1) is 0 Å². The molecule has 1 heterocycles. The van der Waals surface area contributed by atoms with Gasteiger partial charge in [-0.15, -0.1) is 0 Å². The molecule has 0 aliphatic rings. The van der Waals surface area contributed by atoms with Crippen molar-refractivity contribution in [1.29, 1.82) is 0 Å². The molecule has 0 unspecified atom stereocenters. The zero-order valence-electron chi connectivity index (χ0n) is 19.4. The van der Waals surface area contributed by atoms with E-state index in [1.54, 1.807) is 61.9 Å². The highest BCUT2D eigenvalue weighted by Crippen LogP contribution is 2.28. The van der Waals surface area contributed by atoms with Crippen LogP contribution in [0.4, 0.5) is 5.69 Å². The molecule has 0 aliphatic heterocycles. The van der Waals surface area contributed by atoms with Crippen molar-refractivity contribution in [3.05, 3.63) is 59.3 Å². The molecule has 0 bridgehead atoms. The fourth-order valence-corrected chi connectivity index (χ4v) is 3.58. The Bertz CT molecular complexity index is 1220. The van der Waals surface area contributed by atoms with Crippen LogP contribution in [0.2, 0.25) is 0 Å². The number of rotatable bonds is 7. The number of Topliss-reactive ketones (excluding diaryl/α,β-unsaturated/α-hetero) is 1. The third-order valence-electron chi connectivity index (χ3n) is 4.98. The molecule has 8 nitrogen and oxygen atoms in total. The van der Waals surface area contributed by atoms with Crippen molar-refractivity contribution in [3.63, 3.8) is 0 Å². The number of carbonyl (C=O) groups is 3. The van der Waals surface area contributed by atoms with Crippen LogP contribution >= 0.6 is 0 Å². The first-order valence-electron chi connectivity index (χ1n) is 10.4. The average Bonchev–Trinajstić information content (AvgIpc) is 3.09. The van der Waals surface area contributed by atoms with Crippen molar-refractivity contribution < 1.29 is 28.6 Å². The maximum Gasteiger partial charge on any atom is 0.337 e. The number of nitrogens with zero attached hydrogens (tertiary/aromatic N) is 1. The maximum absolute atomic E-state index is 13.3. The van der Waals surface area contributed by atoms with Crippen LogP contribution in [0.5, 0.6) is 5.75 Å². The second-order valence-electron chi connectivity index (χ2n) is 8.65. The highest BCUT2D eigenvalue weighted by molar-refractivity contribution is 6.09. The minimum Gasteiger partial charge on any atom is -0.496 e. The van der Waals surface area contributed by atoms with E-state index in [0.717, 1.165) is 0 Å². The summed E-state index contributed by atoms with van der Waals surface area (Å²) in [5.74, 6) is -0.678. The molecule has 0 fully saturated rings. The highest BCUT2D eigenvalue weighted by atomic mass is 16.6. The van der Waals surface area contributed by atoms with E-state index in [2.05, 4.69) is 0 Å². The molecule has 3 rings (SSSR count). The summed E-state index contributed by atoms with van der Waals surface area (Å²) in [6.45, 7) is 5.36. The van der Waals surface area contributed by atoms with E-state index >= 15 is 0 Å². The van der Waals surface area contributed by atoms with Crippen LogP contribution in [0.15, 0.2) is 42.6 Å². The number of anilines is 1. The minimum atomic E-state index is -0.615. The first kappa shape index (κ1) is 23.8. The van der Waals surface area contributed by atoms with Gasteiger partial charge in [-0.25, -0.2) is 4.79 Å². The Kier molecular flexibility index (Phi) is 6.76. The van der Waals surface area contributed by atoms with Crippen molar-refractivity contribution in [2.75, 3.05) is 20.0 Å². The van der Waals surface area contributed by atoms with Gasteiger partial charge < -0.3 is 24.5 Å². The lowest BCUT2D eigenvalue weighted by Gasteiger charge is -2.19. The summed E-state index contributed by atoms with van der Waals surface area (Å²) in [6, 6.07) is 10.00. The van der Waals surface area contributed by atoms with E-state index in [4.69, 9.17) is 19.9 Å². The van der Waals surface area contributed by atoms with Crippen molar-refractivity contribution in [2.24, 2.45) is 0 Å². The summed E-state index contributed by atoms with van der Waals surface area (Å²) in [7, 11) is 2.77. The summed E-state index contributed by atoms with van der Waals surface area (Å²) in [6.07, 6.45) is 1.68. The SMILES string of the molecule is COC(=O)c1ccc(CC(=O)c2cn(CC(=O)OC(C)(C)C)c3ccc(N)cc23)c(OC)c1. The fraction of sp³-hybridized carbons (Fsp3) is 0.320. The van der Waals surface area contributed by atoms with Crippen LogP contribution in [0.3, 0.4) is 0 Å². The molecule has 1 aromatic heterocycles. The summed E-state index contributed by atoms with van der Waals surface area (Å²) < 4.78 is 17.2. The molecule has 0 amide bonds. The first-order chi connectivity index (χ1) is 15.5. The lowest BCUT2D eigenvalue weighted by molar-refractivity contribution is -0.155. The highest BCUT2D eigenvalue weighted by Gasteiger charge is 2.21. The molecule has 3 aromatic rings. The second kappa shape index (κ2) is 9.36. The van der Waals surface area contributed by atoms with Crippen LogP contribution in [0.25, 0.3) is 10.9 Å². The second-order valence-corrected chi connectivity index (χ2v) is 8.65. The van der Waals surface area contributed by atoms with Gasteiger partial charge >= 0.3 is 11.9 Å². The van der Waals surface area contributed by atoms with Gasteiger partial charge in [-0.05, 0) is 51.1 Å². The molecular weight excluding hydrogens is 424 g/mol. The average molecular weight is 453 g/mol. The van der Waals surface area contributed by atoms with Crippen LogP contribution in [-0.2, 0) is 27.2 Å². The molecule has 33 heavy (non-hydrogen) atoms. The van der Waals surface area contributed by atoms with Gasteiger partial charge in [0.05, 0.1) is 19.8 Å². The van der Waals surface area contributed by atoms with E-state index in [1.807, 2.05) is 0 Å². The molecule has 0 atom stereocenters. The smallest absolute Gasteiger partial charge is 0.337 e. The van der Waals surface area contributed by atoms with Crippen molar-refractivity contribution in [1.82, 2.24) is 4.57 Å². The fourth-order valence-electron chi connectivity index (χ4n) is 3.58. The first-order valence-corrected chi connectivity index (χ1v) is 10.4. The lowest BCUT2D eigenvalue weighted by Crippen LogP contribution is -2.26. The molecule has 0 saturated heterocycles. The normalized spacial score (nSPS) is 11.3. The Morgan fingerprint density at radius 3 is 2.39 bits per heavy atom. The van der Waals surface area contributed by atoms with Gasteiger partial charge in [0.25, 0.3) is 0 Å². The molecule has 0 aliphatic carbocycles. The van der Waals surface area contributed by atoms with Gasteiger partial charge in [0, 0.05) is 40.3 Å². The third kappa shape index (κ3) is 5.52. The van der Waals surface area contributed by atoms with E-state index in [0.29, 0.717) is 39.0 Å². The summed E-state index contributed by atoms with van der Waals surface area (Å²) in [5, 5.41) is 0.647. The number of carbonyl (C=O) groups excluding carboxylic acids is 3. The number of ketones is 1. The Morgan fingerprint density at radius 2 is 1.76 bits per heavy atom. The van der Waals surface area contributed by atoms with Gasteiger partial charge in [-0.1, -0.05) is 6.07 Å². The third-order valence-corrected chi connectivity index (χ3v) is 4.98. The van der Waals surface area contributed by atoms with E-state index in [-0.39, 0.29) is 18.7 Å². The molecule has 2 N–H and O–H groups in total. The molecule has 174 valence electrons. The minimum absolute atomic E-state index is 0.0327. The summed E-state index contributed by atoms with van der Waals surface area (Å²) in [4.78, 5) is 37.5. The Morgan fingerprint density at radius 1 is 1.03 bits per heavy atom. The molecule has 2 aromatic carbocycles. The Labute approximate surface area is 192 Å². The van der Waals surface area contributed by atoms with E-state index < -0.39 is 17.5 Å². The number of nitrogens with two attached hydrogens (primary N) is 1. The zero-order valence-corrected chi connectivity index (χ0v) is 19.4. The molecule has 0 spiro atoms. The Balaban J connectivity index is 1.95. The quantitative estimate of drug-likeness (QED) is 0.330. The lowest BCUT2D eigenvalue weighted by atomic mass is 10.0. The van der Waals surface area contributed by atoms with Crippen molar-refractivity contribution in [3.8, 4) is 5.75 Å². The van der Waals surface area contributed by atoms with Crippen molar-refractivity contribution >= 4 is 34.3 Å². The molecule has 8 heteroatoms. The van der Waals surface area contributed by atoms with Gasteiger partial charge in [0.2, 0.25) is 0 Å². The molecule has 0 saturated carbocycles. The number of esters is 2. The summed E-state index contributed by atoms with van der Waals surface area (Å²) >= 11 is 0. The number of benzene rings is 2. The predicted octanol–water partition coefficient (Wildman–Crippen LogP) is 3.79. The topological polar surface area (TPSA) is 110 Å². The number of hydrogen-bond acceptors (Lipinski definition) is 7. The van der Waals surface area contributed by atoms with E-state index in [9.17, 15) is 14.4 Å². The number of fused-ring (bicyclic) bond motifs is 1. The van der Waals surface area contributed by atoms with Crippen LogP contribution in [0.1, 0.15) is 47.1 Å². The molecule has 0 radical (unpaired) electrons. The largest absolute Gasteiger partial charge is 0.496 e. The van der Waals surface area contributed by atoms with Crippen molar-refractivity contribution in [2.45, 2.75) is 39.3 Å².